The molecule has 16 heavy (non-hydrogen) atoms. The fourth-order valence-corrected chi connectivity index (χ4v) is 2.26. The van der Waals surface area contributed by atoms with Crippen LogP contribution in [-0.4, -0.2) is 20.2 Å². The first-order valence-corrected chi connectivity index (χ1v) is 6.76. The molecular formula is C11H16FNO2S. The molecule has 0 atom stereocenters. The van der Waals surface area contributed by atoms with Crippen molar-refractivity contribution >= 4 is 9.84 Å². The normalized spacial score (nSPS) is 12.8. The maximum atomic E-state index is 13.3. The third-order valence-corrected chi connectivity index (χ3v) is 3.17. The molecule has 0 aliphatic rings. The zero-order valence-corrected chi connectivity index (χ0v) is 10.4. The molecule has 0 fully saturated rings. The highest BCUT2D eigenvalue weighted by atomic mass is 32.2. The lowest BCUT2D eigenvalue weighted by Gasteiger charge is -2.18. The van der Waals surface area contributed by atoms with E-state index >= 15 is 0 Å². The predicted molar refractivity (Wildman–Crippen MR) is 61.5 cm³/mol. The van der Waals surface area contributed by atoms with Gasteiger partial charge in [-0.05, 0) is 38.0 Å². The summed E-state index contributed by atoms with van der Waals surface area (Å²) in [6, 6.07) is 4.06. The zero-order valence-electron chi connectivity index (χ0n) is 9.62. The van der Waals surface area contributed by atoms with Crippen LogP contribution in [0.15, 0.2) is 23.1 Å². The molecule has 0 saturated carbocycles. The average Bonchev–Trinajstić information content (AvgIpc) is 2.04. The van der Waals surface area contributed by atoms with Crippen LogP contribution in [0.5, 0.6) is 0 Å². The van der Waals surface area contributed by atoms with Crippen LogP contribution in [0.25, 0.3) is 0 Å². The molecule has 0 saturated heterocycles. The maximum absolute atomic E-state index is 13.3. The Morgan fingerprint density at radius 3 is 2.38 bits per heavy atom. The van der Waals surface area contributed by atoms with Crippen molar-refractivity contribution in [2.45, 2.75) is 30.7 Å². The first-order valence-electron chi connectivity index (χ1n) is 4.87. The molecule has 0 heterocycles. The fraction of sp³-hybridized carbons (Fsp3) is 0.455. The van der Waals surface area contributed by atoms with Gasteiger partial charge in [0.1, 0.15) is 10.7 Å². The summed E-state index contributed by atoms with van der Waals surface area (Å²) in [5, 5.41) is 0. The molecule has 3 nitrogen and oxygen atoms in total. The number of benzene rings is 1. The zero-order chi connectivity index (χ0) is 12.6. The lowest BCUT2D eigenvalue weighted by molar-refractivity contribution is 0.513. The van der Waals surface area contributed by atoms with Gasteiger partial charge < -0.3 is 5.73 Å². The van der Waals surface area contributed by atoms with Gasteiger partial charge in [0.25, 0.3) is 0 Å². The second kappa shape index (κ2) is 4.14. The van der Waals surface area contributed by atoms with E-state index in [4.69, 9.17) is 5.73 Å². The van der Waals surface area contributed by atoms with E-state index in [0.717, 1.165) is 12.3 Å². The molecule has 2 N–H and O–H groups in total. The van der Waals surface area contributed by atoms with E-state index < -0.39 is 21.2 Å². The summed E-state index contributed by atoms with van der Waals surface area (Å²) in [6.45, 7) is 3.66. The SMILES string of the molecule is CC(C)(N)Cc1ccc(F)c(S(C)(=O)=O)c1. The number of hydrogen-bond acceptors (Lipinski definition) is 3. The second-order valence-corrected chi connectivity index (χ2v) is 6.69. The summed E-state index contributed by atoms with van der Waals surface area (Å²) in [7, 11) is -3.53. The maximum Gasteiger partial charge on any atom is 0.178 e. The first kappa shape index (κ1) is 13.1. The van der Waals surface area contributed by atoms with Crippen LogP contribution >= 0.6 is 0 Å². The highest BCUT2D eigenvalue weighted by Gasteiger charge is 2.17. The predicted octanol–water partition coefficient (Wildman–Crippen LogP) is 1.51. The Balaban J connectivity index is 3.19. The Labute approximate surface area is 95.4 Å². The number of sulfone groups is 1. The lowest BCUT2D eigenvalue weighted by atomic mass is 9.96. The van der Waals surface area contributed by atoms with Crippen molar-refractivity contribution in [2.75, 3.05) is 6.26 Å². The summed E-state index contributed by atoms with van der Waals surface area (Å²) in [5.41, 5.74) is 6.09. The molecule has 5 heteroatoms. The molecule has 0 radical (unpaired) electrons. The first-order chi connectivity index (χ1) is 7.09. The van der Waals surface area contributed by atoms with Crippen LogP contribution in [0.2, 0.25) is 0 Å². The number of halogens is 1. The van der Waals surface area contributed by atoms with Crippen molar-refractivity contribution in [3.05, 3.63) is 29.6 Å². The molecule has 0 aliphatic heterocycles. The minimum Gasteiger partial charge on any atom is -0.325 e. The van der Waals surface area contributed by atoms with Crippen LogP contribution < -0.4 is 5.73 Å². The summed E-state index contributed by atoms with van der Waals surface area (Å²) in [5.74, 6) is -0.721. The van der Waals surface area contributed by atoms with Gasteiger partial charge in [0.15, 0.2) is 9.84 Å². The smallest absolute Gasteiger partial charge is 0.178 e. The second-order valence-electron chi connectivity index (χ2n) is 4.70. The van der Waals surface area contributed by atoms with Crippen molar-refractivity contribution < 1.29 is 12.8 Å². The summed E-state index contributed by atoms with van der Waals surface area (Å²) in [4.78, 5) is -0.269. The van der Waals surface area contributed by atoms with Gasteiger partial charge in [0.05, 0.1) is 0 Å². The Morgan fingerprint density at radius 2 is 1.94 bits per heavy atom. The Kier molecular flexibility index (Phi) is 3.40. The molecule has 90 valence electrons. The number of hydrogen-bond donors (Lipinski definition) is 1. The van der Waals surface area contributed by atoms with E-state index in [2.05, 4.69) is 0 Å². The van der Waals surface area contributed by atoms with Crippen LogP contribution in [-0.2, 0) is 16.3 Å². The van der Waals surface area contributed by atoms with Gasteiger partial charge in [0.2, 0.25) is 0 Å². The monoisotopic (exact) mass is 245 g/mol. The highest BCUT2D eigenvalue weighted by Crippen LogP contribution is 2.18. The third kappa shape index (κ3) is 3.57. The van der Waals surface area contributed by atoms with Gasteiger partial charge in [-0.2, -0.15) is 0 Å². The van der Waals surface area contributed by atoms with Crippen molar-refractivity contribution in [1.29, 1.82) is 0 Å². The summed E-state index contributed by atoms with van der Waals surface area (Å²) >= 11 is 0. The Hall–Kier alpha value is -0.940. The molecule has 0 amide bonds. The third-order valence-electron chi connectivity index (χ3n) is 2.05. The quantitative estimate of drug-likeness (QED) is 0.878. The van der Waals surface area contributed by atoms with E-state index in [1.54, 1.807) is 6.07 Å². The fourth-order valence-electron chi connectivity index (χ4n) is 1.47. The highest BCUT2D eigenvalue weighted by molar-refractivity contribution is 7.90. The molecule has 1 rings (SSSR count). The van der Waals surface area contributed by atoms with Gasteiger partial charge >= 0.3 is 0 Å². The average molecular weight is 245 g/mol. The van der Waals surface area contributed by atoms with E-state index in [1.807, 2.05) is 13.8 Å². The molecule has 0 bridgehead atoms. The molecule has 0 aromatic heterocycles. The molecule has 0 aliphatic carbocycles. The van der Waals surface area contributed by atoms with Crippen LogP contribution in [0, 0.1) is 5.82 Å². The van der Waals surface area contributed by atoms with Crippen LogP contribution in [0.4, 0.5) is 4.39 Å². The summed E-state index contributed by atoms with van der Waals surface area (Å²) < 4.78 is 35.9. The molecule has 0 unspecified atom stereocenters. The Bertz CT molecular complexity index is 489. The van der Waals surface area contributed by atoms with Crippen LogP contribution in [0.3, 0.4) is 0 Å². The largest absolute Gasteiger partial charge is 0.325 e. The molecule has 1 aromatic carbocycles. The van der Waals surface area contributed by atoms with E-state index in [9.17, 15) is 12.8 Å². The minimum absolute atomic E-state index is 0.269. The van der Waals surface area contributed by atoms with Gasteiger partial charge in [-0.3, -0.25) is 0 Å². The van der Waals surface area contributed by atoms with E-state index in [0.29, 0.717) is 12.0 Å². The Morgan fingerprint density at radius 1 is 1.38 bits per heavy atom. The van der Waals surface area contributed by atoms with E-state index in [1.165, 1.54) is 6.07 Å². The summed E-state index contributed by atoms with van der Waals surface area (Å²) in [6.07, 6.45) is 1.48. The topological polar surface area (TPSA) is 60.2 Å². The standard InChI is InChI=1S/C11H16FNO2S/c1-11(2,13)7-8-4-5-9(12)10(6-8)16(3,14)15/h4-6H,7,13H2,1-3H3. The minimum atomic E-state index is -3.53. The van der Waals surface area contributed by atoms with Gasteiger partial charge in [-0.1, -0.05) is 6.07 Å². The van der Waals surface area contributed by atoms with Gasteiger partial charge in [0, 0.05) is 11.8 Å². The van der Waals surface area contributed by atoms with Crippen molar-refractivity contribution in [3.63, 3.8) is 0 Å². The lowest BCUT2D eigenvalue weighted by Crippen LogP contribution is -2.34. The van der Waals surface area contributed by atoms with Crippen LogP contribution in [0.1, 0.15) is 19.4 Å². The molecule has 1 aromatic rings. The number of rotatable bonds is 3. The molecule has 0 spiro atoms. The molecular weight excluding hydrogens is 229 g/mol. The van der Waals surface area contributed by atoms with E-state index in [-0.39, 0.29) is 4.90 Å². The van der Waals surface area contributed by atoms with Crippen molar-refractivity contribution in [3.8, 4) is 0 Å². The van der Waals surface area contributed by atoms with Crippen molar-refractivity contribution in [1.82, 2.24) is 0 Å². The van der Waals surface area contributed by atoms with Crippen molar-refractivity contribution in [2.24, 2.45) is 5.73 Å². The number of nitrogens with two attached hydrogens (primary N) is 1. The van der Waals surface area contributed by atoms with Gasteiger partial charge in [-0.15, -0.1) is 0 Å². The van der Waals surface area contributed by atoms with Gasteiger partial charge in [-0.25, -0.2) is 12.8 Å².